The highest BCUT2D eigenvalue weighted by Crippen LogP contribution is 2.30. The molecular weight excluding hydrogens is 231 g/mol. The van der Waals surface area contributed by atoms with Crippen LogP contribution < -0.4 is 4.74 Å². The number of pyridine rings is 1. The fourth-order valence-electron chi connectivity index (χ4n) is 0.897. The summed E-state index contributed by atoms with van der Waals surface area (Å²) in [6, 6.07) is 1.15. The van der Waals surface area contributed by atoms with Crippen LogP contribution in [0.25, 0.3) is 0 Å². The highest BCUT2D eigenvalue weighted by atomic mass is 19.4. The van der Waals surface area contributed by atoms with Crippen LogP contribution in [0.15, 0.2) is 12.1 Å². The van der Waals surface area contributed by atoms with Crippen LogP contribution in [0.3, 0.4) is 0 Å². The van der Waals surface area contributed by atoms with E-state index in [0.29, 0.717) is 12.1 Å². The van der Waals surface area contributed by atoms with Crippen LogP contribution in [0.4, 0.5) is 13.2 Å². The molecule has 5 nitrogen and oxygen atoms in total. The molecule has 0 radical (unpaired) electrons. The van der Waals surface area contributed by atoms with Gasteiger partial charge in [-0.1, -0.05) is 0 Å². The fourth-order valence-corrected chi connectivity index (χ4v) is 0.897. The van der Waals surface area contributed by atoms with Gasteiger partial charge in [-0.3, -0.25) is 4.79 Å². The van der Waals surface area contributed by atoms with Crippen molar-refractivity contribution in [1.82, 2.24) is 4.98 Å². The van der Waals surface area contributed by atoms with Crippen molar-refractivity contribution in [1.29, 1.82) is 0 Å². The van der Waals surface area contributed by atoms with Crippen molar-refractivity contribution < 1.29 is 32.6 Å². The highest BCUT2D eigenvalue weighted by Gasteiger charge is 2.33. The zero-order chi connectivity index (χ0) is 12.3. The van der Waals surface area contributed by atoms with Crippen molar-refractivity contribution >= 4 is 12.4 Å². The SMILES string of the molecule is O=COc1nc(C(F)(F)F)ccc1C(=O)O. The van der Waals surface area contributed by atoms with Crippen LogP contribution in [0.5, 0.6) is 5.88 Å². The predicted octanol–water partition coefficient (Wildman–Crippen LogP) is 1.33. The van der Waals surface area contributed by atoms with Crippen molar-refractivity contribution in [2.75, 3.05) is 0 Å². The normalized spacial score (nSPS) is 10.9. The minimum Gasteiger partial charge on any atom is -0.477 e. The van der Waals surface area contributed by atoms with Gasteiger partial charge in [-0.25, -0.2) is 9.78 Å². The number of ether oxygens (including phenoxy) is 1. The molecule has 16 heavy (non-hydrogen) atoms. The Kier molecular flexibility index (Phi) is 3.11. The van der Waals surface area contributed by atoms with Crippen molar-refractivity contribution in [2.45, 2.75) is 6.18 Å². The van der Waals surface area contributed by atoms with Crippen LogP contribution in [-0.4, -0.2) is 22.5 Å². The monoisotopic (exact) mass is 235 g/mol. The zero-order valence-corrected chi connectivity index (χ0v) is 7.49. The fraction of sp³-hybridized carbons (Fsp3) is 0.125. The first-order valence-corrected chi connectivity index (χ1v) is 3.78. The van der Waals surface area contributed by atoms with Gasteiger partial charge in [0, 0.05) is 0 Å². The molecule has 8 heteroatoms. The molecule has 1 rings (SSSR count). The second kappa shape index (κ2) is 4.17. The summed E-state index contributed by atoms with van der Waals surface area (Å²) in [7, 11) is 0. The summed E-state index contributed by atoms with van der Waals surface area (Å²) in [5.41, 5.74) is -1.96. The second-order valence-electron chi connectivity index (χ2n) is 2.57. The van der Waals surface area contributed by atoms with E-state index in [9.17, 15) is 22.8 Å². The summed E-state index contributed by atoms with van der Waals surface area (Å²) in [5, 5.41) is 8.57. The number of halogens is 3. The van der Waals surface area contributed by atoms with Crippen LogP contribution in [-0.2, 0) is 11.0 Å². The molecule has 0 spiro atoms. The van der Waals surface area contributed by atoms with Gasteiger partial charge in [-0.15, -0.1) is 0 Å². The summed E-state index contributed by atoms with van der Waals surface area (Å²) in [5.74, 6) is -2.43. The Labute approximate surface area is 86.5 Å². The number of nitrogens with zero attached hydrogens (tertiary/aromatic N) is 1. The van der Waals surface area contributed by atoms with Crippen molar-refractivity contribution in [3.63, 3.8) is 0 Å². The number of alkyl halides is 3. The highest BCUT2D eigenvalue weighted by molar-refractivity contribution is 5.90. The van der Waals surface area contributed by atoms with Gasteiger partial charge in [0.1, 0.15) is 11.3 Å². The van der Waals surface area contributed by atoms with Gasteiger partial charge in [0.25, 0.3) is 6.47 Å². The number of carbonyl (C=O) groups excluding carboxylic acids is 1. The first-order valence-electron chi connectivity index (χ1n) is 3.78. The summed E-state index contributed by atoms with van der Waals surface area (Å²) in [6.45, 7) is -0.199. The average molecular weight is 235 g/mol. The van der Waals surface area contributed by atoms with Crippen LogP contribution >= 0.6 is 0 Å². The number of aromatic carboxylic acids is 1. The molecular formula is C8H4F3NO4. The summed E-state index contributed by atoms with van der Waals surface area (Å²) >= 11 is 0. The van der Waals surface area contributed by atoms with Crippen molar-refractivity contribution in [3.05, 3.63) is 23.4 Å². The van der Waals surface area contributed by atoms with Gasteiger partial charge in [0.15, 0.2) is 0 Å². The Hall–Kier alpha value is -2.12. The Morgan fingerprint density at radius 1 is 1.44 bits per heavy atom. The number of aromatic nitrogens is 1. The lowest BCUT2D eigenvalue weighted by molar-refractivity contribution is -0.141. The molecule has 0 aliphatic carbocycles. The number of hydrogen-bond acceptors (Lipinski definition) is 4. The van der Waals surface area contributed by atoms with E-state index >= 15 is 0 Å². The molecule has 0 bridgehead atoms. The van der Waals surface area contributed by atoms with E-state index in [1.165, 1.54) is 0 Å². The largest absolute Gasteiger partial charge is 0.477 e. The number of carboxylic acids is 1. The van der Waals surface area contributed by atoms with Crippen molar-refractivity contribution in [3.8, 4) is 5.88 Å². The molecule has 1 aromatic heterocycles. The van der Waals surface area contributed by atoms with Crippen LogP contribution in [0.2, 0.25) is 0 Å². The number of carboxylic acid groups (broad SMARTS) is 1. The van der Waals surface area contributed by atoms with Gasteiger partial charge in [0.05, 0.1) is 0 Å². The summed E-state index contributed by atoms with van der Waals surface area (Å²) < 4.78 is 40.6. The number of carbonyl (C=O) groups is 2. The molecule has 0 unspecified atom stereocenters. The first kappa shape index (κ1) is 12.0. The zero-order valence-electron chi connectivity index (χ0n) is 7.49. The van der Waals surface area contributed by atoms with E-state index in [1.54, 1.807) is 0 Å². The molecule has 1 aromatic rings. The van der Waals surface area contributed by atoms with E-state index < -0.39 is 29.3 Å². The second-order valence-corrected chi connectivity index (χ2v) is 2.57. The minimum atomic E-state index is -4.74. The smallest absolute Gasteiger partial charge is 0.433 e. The number of rotatable bonds is 3. The maximum absolute atomic E-state index is 12.2. The van der Waals surface area contributed by atoms with E-state index in [1.807, 2.05) is 0 Å². The van der Waals surface area contributed by atoms with Crippen molar-refractivity contribution in [2.24, 2.45) is 0 Å². The van der Waals surface area contributed by atoms with Crippen LogP contribution in [0, 0.1) is 0 Å². The van der Waals surface area contributed by atoms with Gasteiger partial charge < -0.3 is 9.84 Å². The number of hydrogen-bond donors (Lipinski definition) is 1. The van der Waals surface area contributed by atoms with E-state index in [2.05, 4.69) is 9.72 Å². The third kappa shape index (κ3) is 2.47. The Balaban J connectivity index is 3.27. The molecule has 0 saturated carbocycles. The molecule has 0 saturated heterocycles. The summed E-state index contributed by atoms with van der Waals surface area (Å²) in [6.07, 6.45) is -4.74. The maximum atomic E-state index is 12.2. The molecule has 0 atom stereocenters. The Morgan fingerprint density at radius 3 is 2.50 bits per heavy atom. The van der Waals surface area contributed by atoms with Gasteiger partial charge in [0.2, 0.25) is 5.88 Å². The third-order valence-corrected chi connectivity index (χ3v) is 1.54. The average Bonchev–Trinajstić information content (AvgIpc) is 2.16. The molecule has 1 N–H and O–H groups in total. The Morgan fingerprint density at radius 2 is 2.06 bits per heavy atom. The minimum absolute atomic E-state index is 0.199. The van der Waals surface area contributed by atoms with Gasteiger partial charge in [-0.2, -0.15) is 13.2 Å². The topological polar surface area (TPSA) is 76.5 Å². The maximum Gasteiger partial charge on any atom is 0.433 e. The molecule has 0 aliphatic rings. The quantitative estimate of drug-likeness (QED) is 0.800. The van der Waals surface area contributed by atoms with E-state index in [4.69, 9.17) is 5.11 Å². The van der Waals surface area contributed by atoms with E-state index in [-0.39, 0.29) is 6.47 Å². The molecule has 0 aromatic carbocycles. The van der Waals surface area contributed by atoms with Crippen LogP contribution in [0.1, 0.15) is 16.1 Å². The lowest BCUT2D eigenvalue weighted by atomic mass is 10.2. The Bertz CT molecular complexity index is 430. The lowest BCUT2D eigenvalue weighted by Crippen LogP contribution is -2.12. The molecule has 0 amide bonds. The molecule has 86 valence electrons. The molecule has 0 aliphatic heterocycles. The molecule has 0 fully saturated rings. The first-order chi connectivity index (χ1) is 7.36. The van der Waals surface area contributed by atoms with E-state index in [0.717, 1.165) is 0 Å². The lowest BCUT2D eigenvalue weighted by Gasteiger charge is -2.08. The predicted molar refractivity (Wildman–Crippen MR) is 42.9 cm³/mol. The molecule has 1 heterocycles. The standard InChI is InChI=1S/C8H4F3NO4/c9-8(10,11)5-2-1-4(7(14)15)6(12-5)16-3-13/h1-3H,(H,14,15). The van der Waals surface area contributed by atoms with Gasteiger partial charge >= 0.3 is 12.1 Å². The third-order valence-electron chi connectivity index (χ3n) is 1.54. The van der Waals surface area contributed by atoms with Gasteiger partial charge in [-0.05, 0) is 12.1 Å². The summed E-state index contributed by atoms with van der Waals surface area (Å²) in [4.78, 5) is 23.4.